The number of rotatable bonds is 4. The second-order valence-electron chi connectivity index (χ2n) is 4.83. The molecule has 0 amide bonds. The molecule has 0 bridgehead atoms. The van der Waals surface area contributed by atoms with E-state index in [2.05, 4.69) is 22.0 Å². The fourth-order valence-corrected chi connectivity index (χ4v) is 4.13. The summed E-state index contributed by atoms with van der Waals surface area (Å²) in [6, 6.07) is 6.17. The van der Waals surface area contributed by atoms with Crippen LogP contribution in [0.25, 0.3) is 0 Å². The molecule has 0 saturated heterocycles. The Balaban J connectivity index is 1.96. The molecule has 1 aliphatic carbocycles. The number of benzene rings is 1. The molecule has 1 atom stereocenters. The van der Waals surface area contributed by atoms with Crippen LogP contribution in [0.5, 0.6) is 0 Å². The molecule has 1 aromatic rings. The fourth-order valence-electron chi connectivity index (χ4n) is 2.28. The summed E-state index contributed by atoms with van der Waals surface area (Å²) in [4.78, 5) is 1.29. The van der Waals surface area contributed by atoms with Gasteiger partial charge >= 0.3 is 0 Å². The van der Waals surface area contributed by atoms with Crippen LogP contribution in [0.15, 0.2) is 27.6 Å². The Bertz CT molecular complexity index is 372. The van der Waals surface area contributed by atoms with E-state index in [1.807, 2.05) is 23.9 Å². The highest BCUT2D eigenvalue weighted by molar-refractivity contribution is 9.10. The maximum Gasteiger partial charge on any atom is 0.0762 e. The summed E-state index contributed by atoms with van der Waals surface area (Å²) >= 11 is 5.53. The van der Waals surface area contributed by atoms with Gasteiger partial charge in [-0.2, -0.15) is 0 Å². The first-order valence-corrected chi connectivity index (χ1v) is 8.05. The average molecular weight is 315 g/mol. The molecule has 1 saturated carbocycles. The van der Waals surface area contributed by atoms with Crippen LogP contribution in [-0.4, -0.2) is 10.9 Å². The van der Waals surface area contributed by atoms with E-state index in [9.17, 15) is 5.11 Å². The summed E-state index contributed by atoms with van der Waals surface area (Å²) in [6.45, 7) is 1.80. The fraction of sp³-hybridized carbons (Fsp3) is 0.571. The van der Waals surface area contributed by atoms with Crippen molar-refractivity contribution in [3.63, 3.8) is 0 Å². The van der Waals surface area contributed by atoms with Gasteiger partial charge < -0.3 is 5.11 Å². The molecule has 0 aliphatic heterocycles. The zero-order chi connectivity index (χ0) is 12.3. The van der Waals surface area contributed by atoms with Gasteiger partial charge in [-0.15, -0.1) is 11.8 Å². The van der Waals surface area contributed by atoms with E-state index in [1.54, 1.807) is 6.92 Å². The third kappa shape index (κ3) is 3.73. The highest BCUT2D eigenvalue weighted by Crippen LogP contribution is 2.35. The van der Waals surface area contributed by atoms with Crippen LogP contribution in [0.1, 0.15) is 44.3 Å². The van der Waals surface area contributed by atoms with Crippen LogP contribution in [0.4, 0.5) is 0 Å². The van der Waals surface area contributed by atoms with Gasteiger partial charge in [0.15, 0.2) is 0 Å². The zero-order valence-corrected chi connectivity index (χ0v) is 12.6. The lowest BCUT2D eigenvalue weighted by atomic mass is 10.1. The number of aliphatic hydroxyl groups excluding tert-OH is 1. The Hall–Kier alpha value is 0.01000. The number of hydrogen-bond donors (Lipinski definition) is 1. The molecule has 0 aromatic heterocycles. The quantitative estimate of drug-likeness (QED) is 0.807. The van der Waals surface area contributed by atoms with Crippen LogP contribution >= 0.6 is 27.7 Å². The Kier molecular flexibility index (Phi) is 4.95. The molecule has 1 aromatic carbocycles. The van der Waals surface area contributed by atoms with E-state index in [1.165, 1.54) is 36.3 Å². The zero-order valence-electron chi connectivity index (χ0n) is 10.2. The first kappa shape index (κ1) is 13.4. The topological polar surface area (TPSA) is 20.2 Å². The van der Waals surface area contributed by atoms with E-state index in [4.69, 9.17) is 0 Å². The van der Waals surface area contributed by atoms with E-state index in [0.29, 0.717) is 0 Å². The van der Waals surface area contributed by atoms with E-state index >= 15 is 0 Å². The summed E-state index contributed by atoms with van der Waals surface area (Å²) in [6.07, 6.45) is 5.23. The lowest BCUT2D eigenvalue weighted by Gasteiger charge is -2.11. The molecule has 0 radical (unpaired) electrons. The van der Waals surface area contributed by atoms with Crippen molar-refractivity contribution in [1.29, 1.82) is 0 Å². The molecule has 1 aliphatic rings. The van der Waals surface area contributed by atoms with Crippen molar-refractivity contribution in [3.05, 3.63) is 28.2 Å². The average Bonchev–Trinajstić information content (AvgIpc) is 2.80. The first-order chi connectivity index (χ1) is 8.16. The molecule has 94 valence electrons. The van der Waals surface area contributed by atoms with Crippen molar-refractivity contribution in [1.82, 2.24) is 0 Å². The molecule has 0 spiro atoms. The lowest BCUT2D eigenvalue weighted by Crippen LogP contribution is -1.97. The van der Waals surface area contributed by atoms with Crippen molar-refractivity contribution < 1.29 is 5.11 Å². The number of thioether (sulfide) groups is 1. The van der Waals surface area contributed by atoms with Gasteiger partial charge in [-0.05, 0) is 59.3 Å². The highest BCUT2D eigenvalue weighted by atomic mass is 79.9. The predicted octanol–water partition coefficient (Wildman–Crippen LogP) is 4.78. The SMILES string of the molecule is C[C@H](O)c1ccc(SCC2CCCC2)c(Br)c1. The van der Waals surface area contributed by atoms with Crippen molar-refractivity contribution >= 4 is 27.7 Å². The van der Waals surface area contributed by atoms with E-state index in [0.717, 1.165) is 16.0 Å². The second kappa shape index (κ2) is 6.26. The molecule has 2 rings (SSSR count). The van der Waals surface area contributed by atoms with Gasteiger partial charge in [0.2, 0.25) is 0 Å². The normalized spacial score (nSPS) is 18.5. The number of aliphatic hydroxyl groups is 1. The van der Waals surface area contributed by atoms with Crippen molar-refractivity contribution in [2.24, 2.45) is 5.92 Å². The molecule has 1 nitrogen and oxygen atoms in total. The van der Waals surface area contributed by atoms with Crippen molar-refractivity contribution in [2.45, 2.75) is 43.6 Å². The Labute approximate surface area is 116 Å². The number of hydrogen-bond acceptors (Lipinski definition) is 2. The summed E-state index contributed by atoms with van der Waals surface area (Å²) < 4.78 is 1.11. The Morgan fingerprint density at radius 1 is 1.41 bits per heavy atom. The maximum absolute atomic E-state index is 9.51. The summed E-state index contributed by atoms with van der Waals surface area (Å²) in [5.74, 6) is 2.13. The third-order valence-electron chi connectivity index (χ3n) is 3.39. The van der Waals surface area contributed by atoms with Crippen molar-refractivity contribution in [2.75, 3.05) is 5.75 Å². The van der Waals surface area contributed by atoms with Crippen LogP contribution in [0, 0.1) is 5.92 Å². The van der Waals surface area contributed by atoms with Gasteiger partial charge in [-0.25, -0.2) is 0 Å². The largest absolute Gasteiger partial charge is 0.389 e. The third-order valence-corrected chi connectivity index (χ3v) is 5.61. The predicted molar refractivity (Wildman–Crippen MR) is 77.5 cm³/mol. The second-order valence-corrected chi connectivity index (χ2v) is 6.74. The lowest BCUT2D eigenvalue weighted by molar-refractivity contribution is 0.199. The van der Waals surface area contributed by atoms with Crippen molar-refractivity contribution in [3.8, 4) is 0 Å². The minimum atomic E-state index is -0.389. The van der Waals surface area contributed by atoms with E-state index in [-0.39, 0.29) is 6.10 Å². The van der Waals surface area contributed by atoms with Crippen LogP contribution in [-0.2, 0) is 0 Å². The smallest absolute Gasteiger partial charge is 0.0762 e. The minimum absolute atomic E-state index is 0.389. The monoisotopic (exact) mass is 314 g/mol. The number of halogens is 1. The highest BCUT2D eigenvalue weighted by Gasteiger charge is 2.15. The van der Waals surface area contributed by atoms with Gasteiger partial charge in [-0.3, -0.25) is 0 Å². The molecule has 0 unspecified atom stereocenters. The molecular formula is C14H19BrOS. The molecule has 17 heavy (non-hydrogen) atoms. The molecular weight excluding hydrogens is 296 g/mol. The molecule has 3 heteroatoms. The van der Waals surface area contributed by atoms with Crippen LogP contribution in [0.3, 0.4) is 0 Å². The molecule has 1 fully saturated rings. The standard InChI is InChI=1S/C14H19BrOS/c1-10(16)12-6-7-14(13(15)8-12)17-9-11-4-2-3-5-11/h6-8,10-11,16H,2-5,9H2,1H3/t10-/m0/s1. The van der Waals surface area contributed by atoms with Gasteiger partial charge in [0.1, 0.15) is 0 Å². The Morgan fingerprint density at radius 3 is 2.71 bits per heavy atom. The van der Waals surface area contributed by atoms with Gasteiger partial charge in [0.25, 0.3) is 0 Å². The summed E-state index contributed by atoms with van der Waals surface area (Å²) in [5.41, 5.74) is 0.974. The summed E-state index contributed by atoms with van der Waals surface area (Å²) in [5, 5.41) is 9.51. The Morgan fingerprint density at radius 2 is 2.12 bits per heavy atom. The van der Waals surface area contributed by atoms with Gasteiger partial charge in [0, 0.05) is 15.1 Å². The molecule has 1 N–H and O–H groups in total. The first-order valence-electron chi connectivity index (χ1n) is 6.27. The summed E-state index contributed by atoms with van der Waals surface area (Å²) in [7, 11) is 0. The minimum Gasteiger partial charge on any atom is -0.389 e. The van der Waals surface area contributed by atoms with Crippen LogP contribution in [0.2, 0.25) is 0 Å². The van der Waals surface area contributed by atoms with E-state index < -0.39 is 0 Å². The van der Waals surface area contributed by atoms with Gasteiger partial charge in [-0.1, -0.05) is 18.9 Å². The molecule has 0 heterocycles. The van der Waals surface area contributed by atoms with Crippen LogP contribution < -0.4 is 0 Å². The van der Waals surface area contributed by atoms with Gasteiger partial charge in [0.05, 0.1) is 6.10 Å². The maximum atomic E-state index is 9.51.